The number of nitrogens with zero attached hydrogens (tertiary/aromatic N) is 3. The molecule has 0 fully saturated rings. The zero-order chi connectivity index (χ0) is 15.4. The van der Waals surface area contributed by atoms with Crippen LogP contribution in [-0.2, 0) is 6.54 Å². The highest BCUT2D eigenvalue weighted by Crippen LogP contribution is 2.11. The molecule has 0 bridgehead atoms. The van der Waals surface area contributed by atoms with Crippen LogP contribution in [0.25, 0.3) is 0 Å². The molecule has 1 atom stereocenters. The first-order valence-electron chi connectivity index (χ1n) is 6.81. The van der Waals surface area contributed by atoms with Crippen LogP contribution in [0.15, 0.2) is 27.7 Å². The molecule has 1 unspecified atom stereocenters. The number of aromatic nitrogens is 3. The molecule has 0 saturated heterocycles. The lowest BCUT2D eigenvalue weighted by Crippen LogP contribution is -2.29. The summed E-state index contributed by atoms with van der Waals surface area (Å²) in [6, 6.07) is 2.17. The van der Waals surface area contributed by atoms with Crippen molar-refractivity contribution in [2.75, 3.05) is 0 Å². The van der Waals surface area contributed by atoms with Crippen LogP contribution >= 0.6 is 0 Å². The van der Waals surface area contributed by atoms with Crippen LogP contribution in [0.1, 0.15) is 48.4 Å². The van der Waals surface area contributed by atoms with Crippen molar-refractivity contribution in [1.82, 2.24) is 20.1 Å². The Morgan fingerprint density at radius 2 is 2.24 bits per heavy atom. The summed E-state index contributed by atoms with van der Waals surface area (Å²) in [5, 5.41) is 10.6. The molecule has 0 saturated carbocycles. The monoisotopic (exact) mass is 290 g/mol. The van der Waals surface area contributed by atoms with E-state index in [2.05, 4.69) is 22.4 Å². The van der Waals surface area contributed by atoms with E-state index in [0.717, 1.165) is 13.0 Å². The summed E-state index contributed by atoms with van der Waals surface area (Å²) in [6.07, 6.45) is 2.58. The summed E-state index contributed by atoms with van der Waals surface area (Å²) in [4.78, 5) is 23.5. The van der Waals surface area contributed by atoms with Gasteiger partial charge in [0, 0.05) is 18.7 Å². The first-order valence-corrected chi connectivity index (χ1v) is 6.81. The molecule has 0 aliphatic rings. The van der Waals surface area contributed by atoms with Crippen molar-refractivity contribution in [3.05, 3.63) is 46.0 Å². The van der Waals surface area contributed by atoms with E-state index in [0.29, 0.717) is 11.6 Å². The highest BCUT2D eigenvalue weighted by molar-refractivity contribution is 5.91. The van der Waals surface area contributed by atoms with Crippen molar-refractivity contribution in [2.45, 2.75) is 39.8 Å². The van der Waals surface area contributed by atoms with Crippen LogP contribution in [0.5, 0.6) is 0 Å². The number of carbonyl (C=O) groups is 1. The normalized spacial score (nSPS) is 12.1. The van der Waals surface area contributed by atoms with E-state index in [9.17, 15) is 9.59 Å². The fourth-order valence-corrected chi connectivity index (χ4v) is 2.06. The number of hydrogen-bond donors (Lipinski definition) is 1. The maximum atomic E-state index is 12.1. The van der Waals surface area contributed by atoms with E-state index in [1.54, 1.807) is 13.3 Å². The number of hydrogen-bond acceptors (Lipinski definition) is 5. The molecule has 2 aromatic rings. The van der Waals surface area contributed by atoms with Crippen molar-refractivity contribution in [2.24, 2.45) is 0 Å². The molecule has 0 radical (unpaired) electrons. The zero-order valence-electron chi connectivity index (χ0n) is 12.3. The molecule has 2 rings (SSSR count). The van der Waals surface area contributed by atoms with E-state index in [1.165, 1.54) is 12.1 Å². The first kappa shape index (κ1) is 15.0. The van der Waals surface area contributed by atoms with Crippen LogP contribution in [0.4, 0.5) is 0 Å². The Hall–Kier alpha value is -2.44. The molecule has 2 aromatic heterocycles. The maximum Gasteiger partial charge on any atom is 0.287 e. The minimum Gasteiger partial charge on any atom is -0.456 e. The summed E-state index contributed by atoms with van der Waals surface area (Å²) < 4.78 is 7.15. The number of amides is 1. The summed E-state index contributed by atoms with van der Waals surface area (Å²) in [5.41, 5.74) is -0.259. The average molecular weight is 290 g/mol. The fourth-order valence-electron chi connectivity index (χ4n) is 2.06. The van der Waals surface area contributed by atoms with Crippen molar-refractivity contribution < 1.29 is 9.21 Å². The lowest BCUT2D eigenvalue weighted by atomic mass is 10.2. The molecular formula is C14H18N4O3. The first-order chi connectivity index (χ1) is 10.0. The molecule has 112 valence electrons. The lowest BCUT2D eigenvalue weighted by molar-refractivity contribution is 0.0905. The predicted molar refractivity (Wildman–Crippen MR) is 75.9 cm³/mol. The van der Waals surface area contributed by atoms with Crippen molar-refractivity contribution >= 4 is 5.91 Å². The van der Waals surface area contributed by atoms with Crippen LogP contribution in [0.2, 0.25) is 0 Å². The summed E-state index contributed by atoms with van der Waals surface area (Å²) >= 11 is 0. The van der Waals surface area contributed by atoms with E-state index in [-0.39, 0.29) is 17.2 Å². The Bertz CT molecular complexity index is 690. The van der Waals surface area contributed by atoms with E-state index in [1.807, 2.05) is 11.5 Å². The van der Waals surface area contributed by atoms with Gasteiger partial charge in [-0.3, -0.25) is 9.59 Å². The van der Waals surface area contributed by atoms with Gasteiger partial charge in [0.15, 0.2) is 17.0 Å². The minimum absolute atomic E-state index is 0.00610. The van der Waals surface area contributed by atoms with Gasteiger partial charge in [0.2, 0.25) is 0 Å². The van der Waals surface area contributed by atoms with Gasteiger partial charge in [0.05, 0.1) is 6.04 Å². The van der Waals surface area contributed by atoms with Crippen molar-refractivity contribution in [3.63, 3.8) is 0 Å². The molecule has 21 heavy (non-hydrogen) atoms. The van der Waals surface area contributed by atoms with Gasteiger partial charge >= 0.3 is 0 Å². The second-order valence-corrected chi connectivity index (χ2v) is 4.85. The van der Waals surface area contributed by atoms with Gasteiger partial charge in [0.25, 0.3) is 5.91 Å². The largest absolute Gasteiger partial charge is 0.456 e. The Kier molecular flexibility index (Phi) is 4.52. The van der Waals surface area contributed by atoms with Gasteiger partial charge in [-0.25, -0.2) is 0 Å². The van der Waals surface area contributed by atoms with Gasteiger partial charge < -0.3 is 14.3 Å². The predicted octanol–water partition coefficient (Wildman–Crippen LogP) is 1.44. The molecular weight excluding hydrogens is 272 g/mol. The molecule has 2 heterocycles. The molecule has 7 nitrogen and oxygen atoms in total. The lowest BCUT2D eigenvalue weighted by Gasteiger charge is -2.14. The van der Waals surface area contributed by atoms with Crippen LogP contribution in [0.3, 0.4) is 0 Å². The molecule has 1 N–H and O–H groups in total. The van der Waals surface area contributed by atoms with E-state index >= 15 is 0 Å². The van der Waals surface area contributed by atoms with Gasteiger partial charge in [-0.15, -0.1) is 10.2 Å². The second-order valence-electron chi connectivity index (χ2n) is 4.85. The van der Waals surface area contributed by atoms with Crippen LogP contribution < -0.4 is 10.7 Å². The molecule has 0 aromatic carbocycles. The maximum absolute atomic E-state index is 12.1. The Labute approximate surface area is 122 Å². The Morgan fingerprint density at radius 1 is 1.48 bits per heavy atom. The third-order valence-electron chi connectivity index (χ3n) is 2.96. The highest BCUT2D eigenvalue weighted by Gasteiger charge is 2.18. The summed E-state index contributed by atoms with van der Waals surface area (Å²) in [7, 11) is 0. The third kappa shape index (κ3) is 3.56. The van der Waals surface area contributed by atoms with Gasteiger partial charge in [-0.2, -0.15) is 0 Å². The smallest absolute Gasteiger partial charge is 0.287 e. The zero-order valence-corrected chi connectivity index (χ0v) is 12.3. The SMILES string of the molecule is CCCn1cnnc1C(C)NC(=O)c1cc(=O)cc(C)o1. The van der Waals surface area contributed by atoms with E-state index in [4.69, 9.17) is 4.42 Å². The van der Waals surface area contributed by atoms with Gasteiger partial charge in [0.1, 0.15) is 12.1 Å². The quantitative estimate of drug-likeness (QED) is 0.900. The average Bonchev–Trinajstić information content (AvgIpc) is 2.86. The number of aryl methyl sites for hydroxylation is 2. The molecule has 0 aliphatic heterocycles. The van der Waals surface area contributed by atoms with Gasteiger partial charge in [-0.1, -0.05) is 6.92 Å². The molecule has 0 spiro atoms. The summed E-state index contributed by atoms with van der Waals surface area (Å²) in [6.45, 7) is 6.26. The van der Waals surface area contributed by atoms with Crippen molar-refractivity contribution in [1.29, 1.82) is 0 Å². The minimum atomic E-state index is -0.450. The second kappa shape index (κ2) is 6.34. The number of rotatable bonds is 5. The highest BCUT2D eigenvalue weighted by atomic mass is 16.3. The van der Waals surface area contributed by atoms with Crippen LogP contribution in [-0.4, -0.2) is 20.7 Å². The number of carbonyl (C=O) groups excluding carboxylic acids is 1. The summed E-state index contributed by atoms with van der Waals surface area (Å²) in [5.74, 6) is 0.609. The number of nitrogens with one attached hydrogen (secondary N) is 1. The van der Waals surface area contributed by atoms with Crippen LogP contribution in [0, 0.1) is 6.92 Å². The van der Waals surface area contributed by atoms with Gasteiger partial charge in [-0.05, 0) is 20.3 Å². The standard InChI is InChI=1S/C14H18N4O3/c1-4-5-18-8-15-17-13(18)10(3)16-14(20)12-7-11(19)6-9(2)21-12/h6-8,10H,4-5H2,1-3H3,(H,16,20). The molecule has 1 amide bonds. The fraction of sp³-hybridized carbons (Fsp3) is 0.429. The molecule has 0 aliphatic carbocycles. The Morgan fingerprint density at radius 3 is 2.90 bits per heavy atom. The Balaban J connectivity index is 2.15. The topological polar surface area (TPSA) is 90.0 Å². The third-order valence-corrected chi connectivity index (χ3v) is 2.96. The van der Waals surface area contributed by atoms with E-state index < -0.39 is 5.91 Å². The van der Waals surface area contributed by atoms with Crippen molar-refractivity contribution in [3.8, 4) is 0 Å². The molecule has 7 heteroatoms.